The topological polar surface area (TPSA) is 71.2 Å². The molecule has 21 heavy (non-hydrogen) atoms. The molecule has 0 spiro atoms. The first-order valence-electron chi connectivity index (χ1n) is 7.82. The maximum atomic E-state index is 9.71. The van der Waals surface area contributed by atoms with Gasteiger partial charge in [0.2, 0.25) is 0 Å². The fourth-order valence-electron chi connectivity index (χ4n) is 3.35. The van der Waals surface area contributed by atoms with E-state index in [2.05, 4.69) is 10.3 Å². The molecule has 4 nitrogen and oxygen atoms in total. The zero-order valence-electron chi connectivity index (χ0n) is 12.3. The van der Waals surface area contributed by atoms with Crippen molar-refractivity contribution >= 4 is 16.6 Å². The highest BCUT2D eigenvalue weighted by Crippen LogP contribution is 2.30. The molecule has 0 amide bonds. The van der Waals surface area contributed by atoms with Crippen LogP contribution in [0.2, 0.25) is 0 Å². The van der Waals surface area contributed by atoms with Gasteiger partial charge in [-0.2, -0.15) is 0 Å². The van der Waals surface area contributed by atoms with E-state index in [1.54, 1.807) is 18.3 Å². The number of phenols is 1. The predicted octanol–water partition coefficient (Wildman–Crippen LogP) is 3.26. The monoisotopic (exact) mass is 285 g/mol. The standard InChI is InChI=1S/C17H23N3O/c18-11-16(13-4-2-1-3-5-13)20-17-15-10-14(21)7-6-12(15)8-9-19-17/h6-10,13,16,21H,1-5,11,18H2,(H,19,20). The number of nitrogens with zero attached hydrogens (tertiary/aromatic N) is 1. The number of anilines is 1. The number of hydrogen-bond acceptors (Lipinski definition) is 4. The lowest BCUT2D eigenvalue weighted by atomic mass is 9.84. The zero-order chi connectivity index (χ0) is 14.7. The lowest BCUT2D eigenvalue weighted by Gasteiger charge is -2.30. The molecular formula is C17H23N3O. The average molecular weight is 285 g/mol. The Kier molecular flexibility index (Phi) is 4.25. The van der Waals surface area contributed by atoms with Crippen molar-refractivity contribution in [2.75, 3.05) is 11.9 Å². The van der Waals surface area contributed by atoms with E-state index < -0.39 is 0 Å². The Morgan fingerprint density at radius 3 is 2.81 bits per heavy atom. The van der Waals surface area contributed by atoms with Gasteiger partial charge in [-0.1, -0.05) is 25.3 Å². The summed E-state index contributed by atoms with van der Waals surface area (Å²) in [4.78, 5) is 4.45. The highest BCUT2D eigenvalue weighted by molar-refractivity contribution is 5.92. The SMILES string of the molecule is NCC(Nc1nccc2ccc(O)cc12)C1CCCCC1. The van der Waals surface area contributed by atoms with Gasteiger partial charge in [0.25, 0.3) is 0 Å². The highest BCUT2D eigenvalue weighted by Gasteiger charge is 2.23. The minimum absolute atomic E-state index is 0.255. The number of aromatic hydroxyl groups is 1. The van der Waals surface area contributed by atoms with Crippen molar-refractivity contribution in [3.05, 3.63) is 30.5 Å². The van der Waals surface area contributed by atoms with Crippen LogP contribution in [0.1, 0.15) is 32.1 Å². The molecule has 4 N–H and O–H groups in total. The molecule has 1 aromatic carbocycles. The summed E-state index contributed by atoms with van der Waals surface area (Å²) in [7, 11) is 0. The summed E-state index contributed by atoms with van der Waals surface area (Å²) in [6.07, 6.45) is 8.22. The van der Waals surface area contributed by atoms with Gasteiger partial charge in [-0.15, -0.1) is 0 Å². The number of hydrogen-bond donors (Lipinski definition) is 3. The van der Waals surface area contributed by atoms with Crippen molar-refractivity contribution in [2.45, 2.75) is 38.1 Å². The second kappa shape index (κ2) is 6.31. The summed E-state index contributed by atoms with van der Waals surface area (Å²) < 4.78 is 0. The van der Waals surface area contributed by atoms with Crippen molar-refractivity contribution in [2.24, 2.45) is 11.7 Å². The maximum Gasteiger partial charge on any atom is 0.134 e. The molecule has 1 aromatic heterocycles. The Hall–Kier alpha value is -1.81. The van der Waals surface area contributed by atoms with Gasteiger partial charge in [0.05, 0.1) is 0 Å². The number of nitrogens with one attached hydrogen (secondary N) is 1. The molecule has 112 valence electrons. The van der Waals surface area contributed by atoms with Crippen LogP contribution in [0, 0.1) is 5.92 Å². The van der Waals surface area contributed by atoms with E-state index in [4.69, 9.17) is 5.73 Å². The molecule has 2 aromatic rings. The van der Waals surface area contributed by atoms with Crippen LogP contribution in [0.25, 0.3) is 10.8 Å². The Morgan fingerprint density at radius 2 is 2.05 bits per heavy atom. The molecular weight excluding hydrogens is 262 g/mol. The molecule has 1 atom stereocenters. The van der Waals surface area contributed by atoms with E-state index in [0.29, 0.717) is 12.5 Å². The fraction of sp³-hybridized carbons (Fsp3) is 0.471. The molecule has 0 radical (unpaired) electrons. The average Bonchev–Trinajstić information content (AvgIpc) is 2.53. The van der Waals surface area contributed by atoms with Crippen LogP contribution in [-0.4, -0.2) is 22.7 Å². The van der Waals surface area contributed by atoms with Crippen LogP contribution in [0.4, 0.5) is 5.82 Å². The van der Waals surface area contributed by atoms with Gasteiger partial charge in [-0.25, -0.2) is 4.98 Å². The van der Waals surface area contributed by atoms with Gasteiger partial charge in [0.15, 0.2) is 0 Å². The Morgan fingerprint density at radius 1 is 1.24 bits per heavy atom. The molecule has 1 aliphatic carbocycles. The summed E-state index contributed by atoms with van der Waals surface area (Å²) in [6, 6.07) is 7.59. The molecule has 1 heterocycles. The second-order valence-electron chi connectivity index (χ2n) is 5.95. The largest absolute Gasteiger partial charge is 0.508 e. The van der Waals surface area contributed by atoms with Crippen molar-refractivity contribution in [3.63, 3.8) is 0 Å². The zero-order valence-corrected chi connectivity index (χ0v) is 12.3. The number of aromatic nitrogens is 1. The summed E-state index contributed by atoms with van der Waals surface area (Å²) in [5.41, 5.74) is 5.99. The fourth-order valence-corrected chi connectivity index (χ4v) is 3.35. The number of pyridine rings is 1. The number of benzene rings is 1. The number of rotatable bonds is 4. The first-order chi connectivity index (χ1) is 10.3. The number of phenolic OH excluding ortho intramolecular Hbond substituents is 1. The third-order valence-corrected chi connectivity index (χ3v) is 4.54. The Labute approximate surface area is 125 Å². The van der Waals surface area contributed by atoms with Crippen LogP contribution in [-0.2, 0) is 0 Å². The predicted molar refractivity (Wildman–Crippen MR) is 86.4 cm³/mol. The van der Waals surface area contributed by atoms with Crippen LogP contribution in [0.3, 0.4) is 0 Å². The molecule has 0 aliphatic heterocycles. The molecule has 1 unspecified atom stereocenters. The first kappa shape index (κ1) is 14.1. The maximum absolute atomic E-state index is 9.71. The minimum atomic E-state index is 0.255. The van der Waals surface area contributed by atoms with Crippen molar-refractivity contribution in [1.82, 2.24) is 4.98 Å². The minimum Gasteiger partial charge on any atom is -0.508 e. The van der Waals surface area contributed by atoms with Crippen LogP contribution in [0.5, 0.6) is 5.75 Å². The third kappa shape index (κ3) is 3.10. The molecule has 0 saturated heterocycles. The molecule has 1 saturated carbocycles. The van der Waals surface area contributed by atoms with E-state index in [1.165, 1.54) is 32.1 Å². The van der Waals surface area contributed by atoms with Gasteiger partial charge in [-0.05, 0) is 42.3 Å². The Balaban J connectivity index is 1.87. The Bertz CT molecular complexity index is 608. The molecule has 0 bridgehead atoms. The van der Waals surface area contributed by atoms with E-state index in [1.807, 2.05) is 12.1 Å². The quantitative estimate of drug-likeness (QED) is 0.806. The van der Waals surface area contributed by atoms with E-state index in [-0.39, 0.29) is 11.8 Å². The summed E-state index contributed by atoms with van der Waals surface area (Å²) in [5.74, 6) is 1.71. The van der Waals surface area contributed by atoms with Crippen molar-refractivity contribution in [1.29, 1.82) is 0 Å². The van der Waals surface area contributed by atoms with Crippen LogP contribution in [0.15, 0.2) is 30.5 Å². The summed E-state index contributed by atoms with van der Waals surface area (Å²) >= 11 is 0. The number of nitrogens with two attached hydrogens (primary N) is 1. The number of fused-ring (bicyclic) bond motifs is 1. The van der Waals surface area contributed by atoms with Crippen LogP contribution >= 0.6 is 0 Å². The van der Waals surface area contributed by atoms with Gasteiger partial charge >= 0.3 is 0 Å². The van der Waals surface area contributed by atoms with Gasteiger partial charge in [0.1, 0.15) is 11.6 Å². The summed E-state index contributed by atoms with van der Waals surface area (Å²) in [6.45, 7) is 0.613. The van der Waals surface area contributed by atoms with E-state index in [0.717, 1.165) is 16.6 Å². The van der Waals surface area contributed by atoms with E-state index in [9.17, 15) is 5.11 Å². The summed E-state index contributed by atoms with van der Waals surface area (Å²) in [5, 5.41) is 15.3. The van der Waals surface area contributed by atoms with Crippen LogP contribution < -0.4 is 11.1 Å². The lowest BCUT2D eigenvalue weighted by Crippen LogP contribution is -2.37. The van der Waals surface area contributed by atoms with E-state index >= 15 is 0 Å². The first-order valence-corrected chi connectivity index (χ1v) is 7.82. The van der Waals surface area contributed by atoms with Gasteiger partial charge < -0.3 is 16.2 Å². The van der Waals surface area contributed by atoms with Crippen molar-refractivity contribution in [3.8, 4) is 5.75 Å². The lowest BCUT2D eigenvalue weighted by molar-refractivity contribution is 0.320. The molecule has 4 heteroatoms. The van der Waals surface area contributed by atoms with Crippen molar-refractivity contribution < 1.29 is 5.11 Å². The second-order valence-corrected chi connectivity index (χ2v) is 5.95. The molecule has 3 rings (SSSR count). The van der Waals surface area contributed by atoms with Gasteiger partial charge in [0, 0.05) is 24.2 Å². The highest BCUT2D eigenvalue weighted by atomic mass is 16.3. The normalized spacial score (nSPS) is 17.8. The molecule has 1 aliphatic rings. The molecule has 1 fully saturated rings. The van der Waals surface area contributed by atoms with Gasteiger partial charge in [-0.3, -0.25) is 0 Å². The smallest absolute Gasteiger partial charge is 0.134 e. The third-order valence-electron chi connectivity index (χ3n) is 4.54.